The van der Waals surface area contributed by atoms with Crippen molar-refractivity contribution >= 4 is 16.7 Å². The van der Waals surface area contributed by atoms with Crippen LogP contribution >= 0.6 is 0 Å². The predicted octanol–water partition coefficient (Wildman–Crippen LogP) is 3.66. The molecule has 3 rings (SSSR count). The molecule has 0 bridgehead atoms. The Hall–Kier alpha value is -2.70. The summed E-state index contributed by atoms with van der Waals surface area (Å²) in [6, 6.07) is 7.71. The highest BCUT2D eigenvalue weighted by Gasteiger charge is 2.33. The van der Waals surface area contributed by atoms with E-state index in [1.54, 1.807) is 24.5 Å². The van der Waals surface area contributed by atoms with Gasteiger partial charge in [-0.25, -0.2) is 4.98 Å². The second kappa shape index (κ2) is 5.59. The molecule has 1 N–H and O–H groups in total. The Kier molecular flexibility index (Phi) is 3.62. The molecule has 0 saturated carbocycles. The van der Waals surface area contributed by atoms with Gasteiger partial charge < -0.3 is 5.32 Å². The van der Waals surface area contributed by atoms with Crippen LogP contribution in [0, 0.1) is 0 Å². The van der Waals surface area contributed by atoms with Gasteiger partial charge in [0.15, 0.2) is 5.82 Å². The van der Waals surface area contributed by atoms with Gasteiger partial charge in [-0.1, -0.05) is 6.07 Å². The quantitative estimate of drug-likeness (QED) is 0.802. The van der Waals surface area contributed by atoms with Gasteiger partial charge in [0.25, 0.3) is 0 Å². The standard InChI is InChI=1S/C15H11F3N4/c16-15(17,18)11-4-2-6-19-12(11)9-22-14-13-10(5-8-21-14)3-1-7-20-13/h1-8H,9H2,(H,21,22). The summed E-state index contributed by atoms with van der Waals surface area (Å²) in [7, 11) is 0. The van der Waals surface area contributed by atoms with Crippen molar-refractivity contribution < 1.29 is 13.2 Å². The average molecular weight is 304 g/mol. The van der Waals surface area contributed by atoms with Crippen molar-refractivity contribution in [3.63, 3.8) is 0 Å². The second-order valence-electron chi connectivity index (χ2n) is 4.58. The van der Waals surface area contributed by atoms with Crippen molar-refractivity contribution in [1.29, 1.82) is 0 Å². The number of hydrogen-bond acceptors (Lipinski definition) is 4. The third kappa shape index (κ3) is 2.83. The van der Waals surface area contributed by atoms with Crippen molar-refractivity contribution in [2.24, 2.45) is 0 Å². The number of nitrogens with zero attached hydrogens (tertiary/aromatic N) is 3. The number of fused-ring (bicyclic) bond motifs is 1. The first-order valence-corrected chi connectivity index (χ1v) is 6.50. The van der Waals surface area contributed by atoms with Crippen molar-refractivity contribution in [3.8, 4) is 0 Å². The largest absolute Gasteiger partial charge is 0.418 e. The third-order valence-electron chi connectivity index (χ3n) is 3.14. The second-order valence-corrected chi connectivity index (χ2v) is 4.58. The lowest BCUT2D eigenvalue weighted by Crippen LogP contribution is -2.13. The highest BCUT2D eigenvalue weighted by molar-refractivity contribution is 5.87. The molecule has 0 spiro atoms. The van der Waals surface area contributed by atoms with E-state index < -0.39 is 11.7 Å². The summed E-state index contributed by atoms with van der Waals surface area (Å²) >= 11 is 0. The van der Waals surface area contributed by atoms with E-state index in [4.69, 9.17) is 0 Å². The van der Waals surface area contributed by atoms with Crippen LogP contribution in [0.15, 0.2) is 48.9 Å². The van der Waals surface area contributed by atoms with Crippen molar-refractivity contribution in [3.05, 3.63) is 60.2 Å². The number of aromatic nitrogens is 3. The van der Waals surface area contributed by atoms with Gasteiger partial charge in [-0.15, -0.1) is 0 Å². The Bertz CT molecular complexity index is 797. The summed E-state index contributed by atoms with van der Waals surface area (Å²) in [6.07, 6.45) is 0.0866. The number of anilines is 1. The number of nitrogens with one attached hydrogen (secondary N) is 1. The minimum absolute atomic E-state index is 0.0789. The number of rotatable bonds is 3. The Morgan fingerprint density at radius 1 is 0.909 bits per heavy atom. The van der Waals surface area contributed by atoms with Gasteiger partial charge in [0.1, 0.15) is 5.52 Å². The van der Waals surface area contributed by atoms with E-state index in [0.717, 1.165) is 11.5 Å². The summed E-state index contributed by atoms with van der Waals surface area (Å²) in [5.74, 6) is 0.428. The zero-order valence-corrected chi connectivity index (χ0v) is 11.3. The van der Waals surface area contributed by atoms with E-state index in [1.807, 2.05) is 6.07 Å². The molecule has 7 heteroatoms. The Morgan fingerprint density at radius 3 is 2.50 bits per heavy atom. The van der Waals surface area contributed by atoms with E-state index in [1.165, 1.54) is 12.3 Å². The summed E-state index contributed by atoms with van der Waals surface area (Å²) in [5.41, 5.74) is -0.227. The summed E-state index contributed by atoms with van der Waals surface area (Å²) in [5, 5.41) is 3.74. The fourth-order valence-electron chi connectivity index (χ4n) is 2.14. The number of halogens is 3. The molecule has 0 aliphatic heterocycles. The van der Waals surface area contributed by atoms with Gasteiger partial charge in [-0.05, 0) is 24.3 Å². The van der Waals surface area contributed by atoms with Crippen molar-refractivity contribution in [2.45, 2.75) is 12.7 Å². The average Bonchev–Trinajstić information content (AvgIpc) is 2.52. The molecule has 0 fully saturated rings. The van der Waals surface area contributed by atoms with E-state index in [2.05, 4.69) is 20.3 Å². The van der Waals surface area contributed by atoms with Crippen LogP contribution in [0.2, 0.25) is 0 Å². The van der Waals surface area contributed by atoms with Crippen LogP contribution in [0.25, 0.3) is 10.9 Å². The number of hydrogen-bond donors (Lipinski definition) is 1. The number of pyridine rings is 3. The Balaban J connectivity index is 1.89. The van der Waals surface area contributed by atoms with E-state index in [-0.39, 0.29) is 12.2 Å². The highest BCUT2D eigenvalue weighted by atomic mass is 19.4. The molecule has 0 saturated heterocycles. The van der Waals surface area contributed by atoms with Gasteiger partial charge in [-0.2, -0.15) is 13.2 Å². The van der Waals surface area contributed by atoms with Crippen LogP contribution in [-0.4, -0.2) is 15.0 Å². The molecule has 22 heavy (non-hydrogen) atoms. The van der Waals surface area contributed by atoms with Crippen molar-refractivity contribution in [2.75, 3.05) is 5.32 Å². The molecule has 0 atom stereocenters. The first-order valence-electron chi connectivity index (χ1n) is 6.50. The van der Waals surface area contributed by atoms with Crippen LogP contribution in [-0.2, 0) is 12.7 Å². The minimum atomic E-state index is -4.43. The molecular formula is C15H11F3N4. The van der Waals surface area contributed by atoms with E-state index in [0.29, 0.717) is 11.3 Å². The topological polar surface area (TPSA) is 50.7 Å². The van der Waals surface area contributed by atoms with Crippen LogP contribution in [0.3, 0.4) is 0 Å². The molecule has 3 aromatic heterocycles. The first kappa shape index (κ1) is 14.2. The lowest BCUT2D eigenvalue weighted by molar-refractivity contribution is -0.138. The minimum Gasteiger partial charge on any atom is -0.363 e. The van der Waals surface area contributed by atoms with Crippen LogP contribution < -0.4 is 5.32 Å². The van der Waals surface area contributed by atoms with Gasteiger partial charge in [0.2, 0.25) is 0 Å². The zero-order chi connectivity index (χ0) is 15.6. The predicted molar refractivity (Wildman–Crippen MR) is 76.1 cm³/mol. The third-order valence-corrected chi connectivity index (χ3v) is 3.14. The summed E-state index contributed by atoms with van der Waals surface area (Å²) in [6.45, 7) is -0.0849. The maximum atomic E-state index is 12.9. The molecule has 0 aromatic carbocycles. The van der Waals surface area contributed by atoms with Crippen molar-refractivity contribution in [1.82, 2.24) is 15.0 Å². The maximum Gasteiger partial charge on any atom is 0.418 e. The van der Waals surface area contributed by atoms with Crippen LogP contribution in [0.4, 0.5) is 19.0 Å². The molecular weight excluding hydrogens is 293 g/mol. The monoisotopic (exact) mass is 304 g/mol. The van der Waals surface area contributed by atoms with Crippen LogP contribution in [0.5, 0.6) is 0 Å². The zero-order valence-electron chi connectivity index (χ0n) is 11.3. The Labute approximate surface area is 124 Å². The molecule has 0 aliphatic rings. The first-order chi connectivity index (χ1) is 10.6. The lowest BCUT2D eigenvalue weighted by Gasteiger charge is -2.13. The molecule has 3 heterocycles. The SMILES string of the molecule is FC(F)(F)c1cccnc1CNc1nccc2cccnc12. The summed E-state index contributed by atoms with van der Waals surface area (Å²) < 4.78 is 38.8. The molecule has 3 aromatic rings. The van der Waals surface area contributed by atoms with Gasteiger partial charge in [0, 0.05) is 24.0 Å². The summed E-state index contributed by atoms with van der Waals surface area (Å²) in [4.78, 5) is 12.1. The molecule has 0 radical (unpaired) electrons. The molecule has 4 nitrogen and oxygen atoms in total. The maximum absolute atomic E-state index is 12.9. The van der Waals surface area contributed by atoms with E-state index >= 15 is 0 Å². The normalized spacial score (nSPS) is 11.6. The fourth-order valence-corrected chi connectivity index (χ4v) is 2.14. The fraction of sp³-hybridized carbons (Fsp3) is 0.133. The van der Waals surface area contributed by atoms with E-state index in [9.17, 15) is 13.2 Å². The highest BCUT2D eigenvalue weighted by Crippen LogP contribution is 2.31. The molecule has 0 amide bonds. The Morgan fingerprint density at radius 2 is 1.68 bits per heavy atom. The molecule has 0 aliphatic carbocycles. The number of alkyl halides is 3. The lowest BCUT2D eigenvalue weighted by atomic mass is 10.2. The van der Waals surface area contributed by atoms with Gasteiger partial charge in [0.05, 0.1) is 17.8 Å². The van der Waals surface area contributed by atoms with Gasteiger partial charge in [-0.3, -0.25) is 9.97 Å². The molecule has 112 valence electrons. The molecule has 0 unspecified atom stereocenters. The smallest absolute Gasteiger partial charge is 0.363 e. The van der Waals surface area contributed by atoms with Gasteiger partial charge >= 0.3 is 6.18 Å². The van der Waals surface area contributed by atoms with Crippen LogP contribution in [0.1, 0.15) is 11.3 Å².